The predicted molar refractivity (Wildman–Crippen MR) is 242 cm³/mol. The highest BCUT2D eigenvalue weighted by Gasteiger charge is 2.42. The molecule has 326 valence electrons. The maximum Gasteiger partial charge on any atom is 0.315 e. The van der Waals surface area contributed by atoms with E-state index < -0.39 is 5.91 Å². The van der Waals surface area contributed by atoms with Crippen LogP contribution in [0.1, 0.15) is 136 Å². The third-order valence-electron chi connectivity index (χ3n) is 14.7. The molecule has 0 radical (unpaired) electrons. The van der Waals surface area contributed by atoms with E-state index in [4.69, 9.17) is 9.51 Å². The van der Waals surface area contributed by atoms with Gasteiger partial charge in [-0.05, 0) is 124 Å². The number of aromatic nitrogens is 5. The van der Waals surface area contributed by atoms with Crippen molar-refractivity contribution in [2.24, 2.45) is 5.41 Å². The highest BCUT2D eigenvalue weighted by atomic mass is 16.5. The Morgan fingerprint density at radius 1 is 0.921 bits per heavy atom. The minimum absolute atomic E-state index is 0.0392. The van der Waals surface area contributed by atoms with Gasteiger partial charge in [0.05, 0.1) is 23.0 Å². The minimum atomic E-state index is -0.399. The summed E-state index contributed by atoms with van der Waals surface area (Å²) in [6.45, 7) is 14.4. The van der Waals surface area contributed by atoms with E-state index >= 15 is 0 Å². The van der Waals surface area contributed by atoms with E-state index in [1.54, 1.807) is 6.33 Å². The Kier molecular flexibility index (Phi) is 10.4. The van der Waals surface area contributed by atoms with Crippen molar-refractivity contribution >= 4 is 45.3 Å². The van der Waals surface area contributed by atoms with Crippen LogP contribution in [0.3, 0.4) is 0 Å². The number of imide groups is 1. The van der Waals surface area contributed by atoms with Crippen LogP contribution in [0.15, 0.2) is 71.5 Å². The molecule has 13 heteroatoms. The van der Waals surface area contributed by atoms with Crippen molar-refractivity contribution in [3.63, 3.8) is 0 Å². The van der Waals surface area contributed by atoms with Gasteiger partial charge in [0.2, 0.25) is 11.8 Å². The molecule has 6 heterocycles. The number of carbonyl (C=O) groups is 3. The van der Waals surface area contributed by atoms with Gasteiger partial charge in [-0.2, -0.15) is 4.98 Å². The summed E-state index contributed by atoms with van der Waals surface area (Å²) in [6, 6.07) is 22.0. The summed E-state index contributed by atoms with van der Waals surface area (Å²) in [5.74, 6) is 0.0827. The van der Waals surface area contributed by atoms with Crippen LogP contribution in [0.2, 0.25) is 0 Å². The van der Waals surface area contributed by atoms with Crippen molar-refractivity contribution in [3.05, 3.63) is 101 Å². The first kappa shape index (κ1) is 41.1. The van der Waals surface area contributed by atoms with Crippen molar-refractivity contribution in [3.8, 4) is 11.3 Å². The molecular formula is C50H57N9O4. The van der Waals surface area contributed by atoms with Crippen LogP contribution in [0.25, 0.3) is 33.2 Å². The molecule has 1 spiro atoms. The number of aryl methyl sites for hydroxylation is 1. The summed E-state index contributed by atoms with van der Waals surface area (Å²) in [5, 5.41) is 11.6. The van der Waals surface area contributed by atoms with Crippen molar-refractivity contribution in [1.82, 2.24) is 40.6 Å². The Hall–Kier alpha value is -5.95. The summed E-state index contributed by atoms with van der Waals surface area (Å²) >= 11 is 0. The highest BCUT2D eigenvalue weighted by Crippen LogP contribution is 2.47. The second-order valence-corrected chi connectivity index (χ2v) is 19.8. The summed E-state index contributed by atoms with van der Waals surface area (Å²) in [4.78, 5) is 59.6. The number of hydrogen-bond acceptors (Lipinski definition) is 10. The maximum atomic E-state index is 13.0. The van der Waals surface area contributed by atoms with E-state index in [0.29, 0.717) is 36.0 Å². The SMILES string of the molecule is Cc1cc(-c2ncnc3[nH]c4cc(N5CCC6(CC5)CCN([C@H]5C[C@H](c7ccc([C@H]8CCC(=O)NC8=O)cc7)C5)CC6)ccc4c23)ccc1[C@@H](C)NC(=O)c1nc(C(C)(C)C)no1. The number of fused-ring (bicyclic) bond motifs is 3. The lowest BCUT2D eigenvalue weighted by atomic mass is 9.69. The van der Waals surface area contributed by atoms with Crippen LogP contribution >= 0.6 is 0 Å². The largest absolute Gasteiger partial charge is 0.371 e. The van der Waals surface area contributed by atoms with Gasteiger partial charge in [-0.3, -0.25) is 19.7 Å². The Bertz CT molecular complexity index is 2710. The molecular weight excluding hydrogens is 791 g/mol. The lowest BCUT2D eigenvalue weighted by Crippen LogP contribution is -2.52. The number of rotatable bonds is 8. The monoisotopic (exact) mass is 847 g/mol. The average Bonchev–Trinajstić information content (AvgIpc) is 3.91. The van der Waals surface area contributed by atoms with E-state index in [2.05, 4.69) is 108 Å². The molecule has 4 fully saturated rings. The smallest absolute Gasteiger partial charge is 0.315 e. The van der Waals surface area contributed by atoms with Crippen molar-refractivity contribution in [2.45, 2.75) is 115 Å². The summed E-state index contributed by atoms with van der Waals surface area (Å²) in [7, 11) is 0. The van der Waals surface area contributed by atoms with E-state index in [9.17, 15) is 14.4 Å². The standard InChI is InChI=1S/C50H57N9O4/c1-29-24-33(10-12-37(29)30(2)53-46(62)47-56-48(57-63-47)49(3,4)5)43-42-39-13-11-35(27-40(39)54-44(42)52-28-51-43)58-20-16-50(17-21-58)18-22-59(23-19-50)36-25-34(26-36)31-6-8-32(9-7-31)38-14-15-41(60)55-45(38)61/h6-13,24,27-28,30,34,36,38H,14-23,25-26H2,1-5H3,(H,53,62)(H,51,52,54)(H,55,60,61)/t30-,34-,36-,38-/m1/s1. The second kappa shape index (κ2) is 16.0. The molecule has 3 aromatic heterocycles. The van der Waals surface area contributed by atoms with E-state index in [1.807, 2.05) is 27.7 Å². The van der Waals surface area contributed by atoms with Crippen LogP contribution in [-0.2, 0) is 15.0 Å². The number of carbonyl (C=O) groups excluding carboxylic acids is 3. The van der Waals surface area contributed by atoms with Gasteiger partial charge < -0.3 is 24.6 Å². The number of hydrogen-bond donors (Lipinski definition) is 3. The van der Waals surface area contributed by atoms with Gasteiger partial charge in [0, 0.05) is 53.1 Å². The number of nitrogens with zero attached hydrogens (tertiary/aromatic N) is 6. The number of H-pyrrole nitrogens is 1. The molecule has 3 aromatic carbocycles. The van der Waals surface area contributed by atoms with E-state index in [1.165, 1.54) is 62.9 Å². The van der Waals surface area contributed by atoms with Gasteiger partial charge in [-0.25, -0.2) is 9.97 Å². The molecule has 6 aromatic rings. The van der Waals surface area contributed by atoms with Crippen LogP contribution < -0.4 is 15.5 Å². The number of amides is 3. The minimum Gasteiger partial charge on any atom is -0.371 e. The fourth-order valence-electron chi connectivity index (χ4n) is 10.7. The molecule has 3 N–H and O–H groups in total. The first-order valence-electron chi connectivity index (χ1n) is 22.8. The number of nitrogens with one attached hydrogen (secondary N) is 3. The molecule has 0 unspecified atom stereocenters. The molecule has 3 amide bonds. The number of anilines is 1. The molecule has 1 aliphatic carbocycles. The van der Waals surface area contributed by atoms with Crippen molar-refractivity contribution in [1.29, 1.82) is 0 Å². The molecule has 63 heavy (non-hydrogen) atoms. The molecule has 1 saturated carbocycles. The predicted octanol–water partition coefficient (Wildman–Crippen LogP) is 8.41. The Balaban J connectivity index is 0.745. The third-order valence-corrected chi connectivity index (χ3v) is 14.7. The summed E-state index contributed by atoms with van der Waals surface area (Å²) in [6.07, 6.45) is 10.0. The number of likely N-dealkylation sites (tertiary alicyclic amines) is 1. The van der Waals surface area contributed by atoms with Gasteiger partial charge in [0.1, 0.15) is 12.0 Å². The zero-order valence-electron chi connectivity index (χ0n) is 37.0. The molecule has 3 saturated heterocycles. The molecule has 10 rings (SSSR count). The maximum absolute atomic E-state index is 13.0. The van der Waals surface area contributed by atoms with Crippen LogP contribution in [0, 0.1) is 12.3 Å². The van der Waals surface area contributed by atoms with Crippen LogP contribution in [0.4, 0.5) is 5.69 Å². The van der Waals surface area contributed by atoms with Crippen molar-refractivity contribution < 1.29 is 18.9 Å². The molecule has 2 atom stereocenters. The van der Waals surface area contributed by atoms with Gasteiger partial charge in [0.25, 0.3) is 0 Å². The first-order valence-corrected chi connectivity index (χ1v) is 22.8. The van der Waals surface area contributed by atoms with Crippen LogP contribution in [-0.4, -0.2) is 79.9 Å². The summed E-state index contributed by atoms with van der Waals surface area (Å²) < 4.78 is 5.27. The molecule has 3 aliphatic heterocycles. The summed E-state index contributed by atoms with van der Waals surface area (Å²) in [5.41, 5.74) is 9.49. The quantitative estimate of drug-likeness (QED) is 0.127. The second-order valence-electron chi connectivity index (χ2n) is 19.8. The van der Waals surface area contributed by atoms with Crippen LogP contribution in [0.5, 0.6) is 0 Å². The van der Waals surface area contributed by atoms with Gasteiger partial charge in [-0.15, -0.1) is 0 Å². The number of benzene rings is 3. The number of aromatic amines is 1. The normalized spacial score (nSPS) is 22.3. The first-order chi connectivity index (χ1) is 30.3. The topological polar surface area (TPSA) is 162 Å². The highest BCUT2D eigenvalue weighted by molar-refractivity contribution is 6.12. The zero-order valence-corrected chi connectivity index (χ0v) is 37.0. The fraction of sp³-hybridized carbons (Fsp3) is 0.460. The van der Waals surface area contributed by atoms with E-state index in [0.717, 1.165) is 63.0 Å². The Morgan fingerprint density at radius 2 is 1.65 bits per heavy atom. The van der Waals surface area contributed by atoms with Gasteiger partial charge in [0.15, 0.2) is 5.82 Å². The number of piperidine rings is 3. The fourth-order valence-corrected chi connectivity index (χ4v) is 10.7. The van der Waals surface area contributed by atoms with Gasteiger partial charge in [-0.1, -0.05) is 68.4 Å². The Morgan fingerprint density at radius 3 is 2.35 bits per heavy atom. The lowest BCUT2D eigenvalue weighted by molar-refractivity contribution is -0.134. The Labute approximate surface area is 367 Å². The molecule has 13 nitrogen and oxygen atoms in total. The molecule has 0 bridgehead atoms. The van der Waals surface area contributed by atoms with Crippen molar-refractivity contribution in [2.75, 3.05) is 31.1 Å². The lowest BCUT2D eigenvalue weighted by Gasteiger charge is -2.51. The zero-order chi connectivity index (χ0) is 43.6. The van der Waals surface area contributed by atoms with Gasteiger partial charge >= 0.3 is 11.8 Å². The third kappa shape index (κ3) is 7.89. The average molecular weight is 848 g/mol. The van der Waals surface area contributed by atoms with E-state index in [-0.39, 0.29) is 35.1 Å². The molecule has 4 aliphatic rings.